The maximum atomic E-state index is 12.6. The molecule has 154 valence electrons. The van der Waals surface area contributed by atoms with Crippen LogP contribution in [0.1, 0.15) is 22.3 Å². The Labute approximate surface area is 165 Å². The fourth-order valence-corrected chi connectivity index (χ4v) is 3.13. The molecule has 2 aromatic rings. The molecule has 0 unspecified atom stereocenters. The molecule has 1 aliphatic rings. The maximum absolute atomic E-state index is 12.6. The summed E-state index contributed by atoms with van der Waals surface area (Å²) in [6.07, 6.45) is -4.38. The number of nitrogens with one attached hydrogen (secondary N) is 1. The Kier molecular flexibility index (Phi) is 5.67. The molecule has 3 rings (SSSR count). The zero-order valence-electron chi connectivity index (χ0n) is 15.7. The van der Waals surface area contributed by atoms with Gasteiger partial charge in [0.25, 0.3) is 5.91 Å². The average molecular weight is 408 g/mol. The molecule has 0 aliphatic carbocycles. The molecule has 1 atom stereocenters. The number of hydrogen-bond acceptors (Lipinski definition) is 4. The van der Waals surface area contributed by atoms with Crippen molar-refractivity contribution in [3.8, 4) is 11.5 Å². The molecular weight excluding hydrogens is 389 g/mol. The maximum Gasteiger partial charge on any atom is 0.416 e. The Morgan fingerprint density at radius 1 is 1.07 bits per heavy atom. The van der Waals surface area contributed by atoms with Crippen molar-refractivity contribution < 1.29 is 32.2 Å². The summed E-state index contributed by atoms with van der Waals surface area (Å²) in [5.41, 5.74) is -0.140. The van der Waals surface area contributed by atoms with Crippen molar-refractivity contribution in [2.75, 3.05) is 25.7 Å². The number of alkyl halides is 3. The van der Waals surface area contributed by atoms with Gasteiger partial charge < -0.3 is 19.7 Å². The lowest BCUT2D eigenvalue weighted by molar-refractivity contribution is -0.137. The topological polar surface area (TPSA) is 67.9 Å². The van der Waals surface area contributed by atoms with Crippen molar-refractivity contribution in [1.82, 2.24) is 5.32 Å². The summed E-state index contributed by atoms with van der Waals surface area (Å²) in [7, 11) is 2.99. The van der Waals surface area contributed by atoms with E-state index in [1.807, 2.05) is 0 Å². The van der Waals surface area contributed by atoms with E-state index in [0.29, 0.717) is 17.2 Å². The van der Waals surface area contributed by atoms with E-state index in [0.717, 1.165) is 24.3 Å². The standard InChI is InChI=1S/C20H19F3N2O4/c1-28-16-8-7-15(10-17(16)29-2)25-11-14(9-18(25)26)24-19(27)12-3-5-13(6-4-12)20(21,22)23/h3-8,10,14H,9,11H2,1-2H3,(H,24,27)/t14-/m0/s1. The second-order valence-electron chi connectivity index (χ2n) is 6.49. The third-order valence-corrected chi connectivity index (χ3v) is 4.61. The van der Waals surface area contributed by atoms with Crippen LogP contribution in [0.4, 0.5) is 18.9 Å². The molecule has 2 aromatic carbocycles. The van der Waals surface area contributed by atoms with Crippen LogP contribution in [-0.4, -0.2) is 38.6 Å². The van der Waals surface area contributed by atoms with E-state index in [1.165, 1.54) is 19.1 Å². The summed E-state index contributed by atoms with van der Waals surface area (Å²) < 4.78 is 48.3. The van der Waals surface area contributed by atoms with Gasteiger partial charge in [-0.1, -0.05) is 0 Å². The predicted octanol–water partition coefficient (Wildman–Crippen LogP) is 3.26. The van der Waals surface area contributed by atoms with Crippen LogP contribution in [0.5, 0.6) is 11.5 Å². The summed E-state index contributed by atoms with van der Waals surface area (Å²) in [4.78, 5) is 26.2. The molecule has 9 heteroatoms. The minimum atomic E-state index is -4.47. The zero-order chi connectivity index (χ0) is 21.2. The second-order valence-corrected chi connectivity index (χ2v) is 6.49. The van der Waals surface area contributed by atoms with E-state index in [4.69, 9.17) is 9.47 Å². The number of halogens is 3. The smallest absolute Gasteiger partial charge is 0.416 e. The number of benzene rings is 2. The molecule has 1 saturated heterocycles. The first-order valence-corrected chi connectivity index (χ1v) is 8.73. The van der Waals surface area contributed by atoms with Gasteiger partial charge in [-0.3, -0.25) is 9.59 Å². The lowest BCUT2D eigenvalue weighted by Gasteiger charge is -2.19. The van der Waals surface area contributed by atoms with Gasteiger partial charge in [-0.15, -0.1) is 0 Å². The van der Waals surface area contributed by atoms with Crippen molar-refractivity contribution in [2.45, 2.75) is 18.6 Å². The van der Waals surface area contributed by atoms with Crippen LogP contribution in [0, 0.1) is 0 Å². The van der Waals surface area contributed by atoms with Crippen molar-refractivity contribution in [3.63, 3.8) is 0 Å². The average Bonchev–Trinajstić information content (AvgIpc) is 3.06. The van der Waals surface area contributed by atoms with E-state index in [-0.39, 0.29) is 24.4 Å². The SMILES string of the molecule is COc1ccc(N2C[C@@H](NC(=O)c3ccc(C(F)(F)F)cc3)CC2=O)cc1OC. The number of rotatable bonds is 5. The third-order valence-electron chi connectivity index (χ3n) is 4.61. The lowest BCUT2D eigenvalue weighted by Crippen LogP contribution is -2.37. The van der Waals surface area contributed by atoms with Gasteiger partial charge in [0.15, 0.2) is 11.5 Å². The summed E-state index contributed by atoms with van der Waals surface area (Å²) in [6.45, 7) is 0.237. The molecule has 0 bridgehead atoms. The van der Waals surface area contributed by atoms with Crippen LogP contribution in [0.2, 0.25) is 0 Å². The fourth-order valence-electron chi connectivity index (χ4n) is 3.13. The molecule has 6 nitrogen and oxygen atoms in total. The van der Waals surface area contributed by atoms with Crippen LogP contribution < -0.4 is 19.7 Å². The van der Waals surface area contributed by atoms with Crippen molar-refractivity contribution in [3.05, 3.63) is 53.6 Å². The molecule has 0 saturated carbocycles. The van der Waals surface area contributed by atoms with Crippen LogP contribution >= 0.6 is 0 Å². The van der Waals surface area contributed by atoms with E-state index >= 15 is 0 Å². The van der Waals surface area contributed by atoms with E-state index in [1.54, 1.807) is 18.2 Å². The Bertz CT molecular complexity index is 913. The molecule has 29 heavy (non-hydrogen) atoms. The highest BCUT2D eigenvalue weighted by Crippen LogP contribution is 2.33. The Hall–Kier alpha value is -3.23. The summed E-state index contributed by atoms with van der Waals surface area (Å²) in [5.74, 6) is 0.269. The quantitative estimate of drug-likeness (QED) is 0.825. The van der Waals surface area contributed by atoms with E-state index in [9.17, 15) is 22.8 Å². The van der Waals surface area contributed by atoms with Crippen LogP contribution in [-0.2, 0) is 11.0 Å². The number of nitrogens with zero attached hydrogens (tertiary/aromatic N) is 1. The Morgan fingerprint density at radius 3 is 2.31 bits per heavy atom. The largest absolute Gasteiger partial charge is 0.493 e. The molecular formula is C20H19F3N2O4. The number of hydrogen-bond donors (Lipinski definition) is 1. The highest BCUT2D eigenvalue weighted by molar-refractivity contribution is 5.99. The number of methoxy groups -OCH3 is 2. The molecule has 1 heterocycles. The van der Waals surface area contributed by atoms with Crippen molar-refractivity contribution in [1.29, 1.82) is 0 Å². The van der Waals surface area contributed by atoms with Crippen LogP contribution in [0.15, 0.2) is 42.5 Å². The fraction of sp³-hybridized carbons (Fsp3) is 0.300. The van der Waals surface area contributed by atoms with Crippen molar-refractivity contribution in [2.24, 2.45) is 0 Å². The van der Waals surface area contributed by atoms with E-state index < -0.39 is 23.7 Å². The third kappa shape index (κ3) is 4.44. The Balaban J connectivity index is 1.68. The molecule has 2 amide bonds. The summed E-state index contributed by atoms with van der Waals surface area (Å²) >= 11 is 0. The summed E-state index contributed by atoms with van der Waals surface area (Å²) in [6, 6.07) is 8.51. The van der Waals surface area contributed by atoms with Gasteiger partial charge in [0, 0.05) is 30.3 Å². The predicted molar refractivity (Wildman–Crippen MR) is 99.2 cm³/mol. The molecule has 1 fully saturated rings. The molecule has 1 aliphatic heterocycles. The van der Waals surface area contributed by atoms with Crippen LogP contribution in [0.25, 0.3) is 0 Å². The second kappa shape index (κ2) is 8.02. The molecule has 0 radical (unpaired) electrons. The minimum absolute atomic E-state index is 0.0840. The molecule has 0 spiro atoms. The van der Waals surface area contributed by atoms with Crippen molar-refractivity contribution >= 4 is 17.5 Å². The van der Waals surface area contributed by atoms with Gasteiger partial charge >= 0.3 is 6.18 Å². The monoisotopic (exact) mass is 408 g/mol. The lowest BCUT2D eigenvalue weighted by atomic mass is 10.1. The number of carbonyl (C=O) groups is 2. The molecule has 0 aromatic heterocycles. The van der Waals surface area contributed by atoms with Gasteiger partial charge in [0.1, 0.15) is 0 Å². The van der Waals surface area contributed by atoms with E-state index in [2.05, 4.69) is 5.32 Å². The highest BCUT2D eigenvalue weighted by Gasteiger charge is 2.33. The first kappa shape index (κ1) is 20.5. The zero-order valence-corrected chi connectivity index (χ0v) is 15.7. The summed E-state index contributed by atoms with van der Waals surface area (Å²) in [5, 5.41) is 2.70. The van der Waals surface area contributed by atoms with Gasteiger partial charge in [-0.05, 0) is 36.4 Å². The number of ether oxygens (including phenoxy) is 2. The first-order chi connectivity index (χ1) is 13.7. The highest BCUT2D eigenvalue weighted by atomic mass is 19.4. The van der Waals surface area contributed by atoms with Crippen LogP contribution in [0.3, 0.4) is 0 Å². The normalized spacial score (nSPS) is 16.7. The number of anilines is 1. The van der Waals surface area contributed by atoms with Gasteiger partial charge in [0.05, 0.1) is 25.8 Å². The van der Waals surface area contributed by atoms with Gasteiger partial charge in [-0.2, -0.15) is 13.2 Å². The number of carbonyl (C=O) groups excluding carboxylic acids is 2. The minimum Gasteiger partial charge on any atom is -0.493 e. The molecule has 1 N–H and O–H groups in total. The number of amides is 2. The Morgan fingerprint density at radius 2 is 1.72 bits per heavy atom. The van der Waals surface area contributed by atoms with Gasteiger partial charge in [-0.25, -0.2) is 0 Å². The van der Waals surface area contributed by atoms with Gasteiger partial charge in [0.2, 0.25) is 5.91 Å². The first-order valence-electron chi connectivity index (χ1n) is 8.73.